The standard InChI is InChI=1S/C18H20FNO5S/c1-18(17(22)20-23,26(2,24)25)10-9-12-3-5-13(6-4-12)14-7-8-16(21)15(19)11-14/h3-8,11,21,23H,9-10H2,1-2H3,(H,20,22). The first kappa shape index (κ1) is 19.9. The maximum Gasteiger partial charge on any atom is 0.264 e. The van der Waals surface area contributed by atoms with E-state index in [1.54, 1.807) is 30.3 Å². The summed E-state index contributed by atoms with van der Waals surface area (Å²) in [5, 5.41) is 18.1. The molecular weight excluding hydrogens is 361 g/mol. The zero-order valence-electron chi connectivity index (χ0n) is 14.4. The number of hydrogen-bond acceptors (Lipinski definition) is 5. The predicted octanol–water partition coefficient (Wildman–Crippen LogP) is 2.44. The second-order valence-electron chi connectivity index (χ2n) is 6.31. The van der Waals surface area contributed by atoms with Crippen LogP contribution in [-0.4, -0.2) is 35.6 Å². The number of hydroxylamine groups is 1. The van der Waals surface area contributed by atoms with Gasteiger partial charge in [-0.3, -0.25) is 10.0 Å². The Morgan fingerprint density at radius 2 is 1.73 bits per heavy atom. The van der Waals surface area contributed by atoms with E-state index >= 15 is 0 Å². The zero-order chi connectivity index (χ0) is 19.5. The first-order valence-electron chi connectivity index (χ1n) is 7.80. The van der Waals surface area contributed by atoms with Gasteiger partial charge in [-0.05, 0) is 48.6 Å². The second-order valence-corrected chi connectivity index (χ2v) is 8.75. The molecule has 1 atom stereocenters. The molecule has 1 unspecified atom stereocenters. The molecule has 2 aromatic rings. The van der Waals surface area contributed by atoms with Crippen LogP contribution in [0.5, 0.6) is 5.75 Å². The number of carbonyl (C=O) groups excluding carboxylic acids is 1. The van der Waals surface area contributed by atoms with Gasteiger partial charge in [0.1, 0.15) is 4.75 Å². The van der Waals surface area contributed by atoms with Crippen LogP contribution in [0, 0.1) is 5.82 Å². The molecule has 140 valence electrons. The lowest BCUT2D eigenvalue weighted by Crippen LogP contribution is -2.49. The number of phenolic OH excluding ortho intramolecular Hbond substituents is 1. The quantitative estimate of drug-likeness (QED) is 0.527. The average Bonchev–Trinajstić information content (AvgIpc) is 2.60. The smallest absolute Gasteiger partial charge is 0.264 e. The number of sulfone groups is 1. The number of halogens is 1. The number of carbonyl (C=O) groups is 1. The molecular formula is C18H20FNO5S. The van der Waals surface area contributed by atoms with Crippen molar-refractivity contribution < 1.29 is 27.9 Å². The Balaban J connectivity index is 2.18. The summed E-state index contributed by atoms with van der Waals surface area (Å²) in [6, 6.07) is 11.1. The summed E-state index contributed by atoms with van der Waals surface area (Å²) in [7, 11) is -3.74. The van der Waals surface area contributed by atoms with Crippen LogP contribution in [-0.2, 0) is 21.1 Å². The summed E-state index contributed by atoms with van der Waals surface area (Å²) >= 11 is 0. The molecule has 0 spiro atoms. The van der Waals surface area contributed by atoms with E-state index in [-0.39, 0.29) is 6.42 Å². The molecule has 0 aliphatic heterocycles. The van der Waals surface area contributed by atoms with Crippen molar-refractivity contribution in [3.05, 3.63) is 53.8 Å². The van der Waals surface area contributed by atoms with E-state index in [1.807, 2.05) is 0 Å². The summed E-state index contributed by atoms with van der Waals surface area (Å²) in [4.78, 5) is 11.8. The number of aryl methyl sites for hydroxylation is 1. The van der Waals surface area contributed by atoms with Crippen molar-refractivity contribution in [2.75, 3.05) is 6.26 Å². The molecule has 0 saturated carbocycles. The maximum absolute atomic E-state index is 13.5. The van der Waals surface area contributed by atoms with Crippen molar-refractivity contribution in [2.45, 2.75) is 24.5 Å². The van der Waals surface area contributed by atoms with Gasteiger partial charge in [0.2, 0.25) is 0 Å². The van der Waals surface area contributed by atoms with Crippen LogP contribution in [0.2, 0.25) is 0 Å². The number of amides is 1. The molecule has 0 aliphatic carbocycles. The number of aromatic hydroxyl groups is 1. The molecule has 0 fully saturated rings. The fourth-order valence-electron chi connectivity index (χ4n) is 2.52. The van der Waals surface area contributed by atoms with Gasteiger partial charge in [-0.25, -0.2) is 18.3 Å². The van der Waals surface area contributed by atoms with E-state index in [4.69, 9.17) is 5.21 Å². The van der Waals surface area contributed by atoms with Crippen LogP contribution in [0.1, 0.15) is 18.9 Å². The van der Waals surface area contributed by atoms with Gasteiger partial charge >= 0.3 is 0 Å². The summed E-state index contributed by atoms with van der Waals surface area (Å²) < 4.78 is 35.6. The molecule has 3 N–H and O–H groups in total. The van der Waals surface area contributed by atoms with E-state index in [0.29, 0.717) is 12.0 Å². The molecule has 2 aromatic carbocycles. The fourth-order valence-corrected chi connectivity index (χ4v) is 3.37. The van der Waals surface area contributed by atoms with E-state index < -0.39 is 32.1 Å². The molecule has 0 saturated heterocycles. The van der Waals surface area contributed by atoms with E-state index in [0.717, 1.165) is 17.4 Å². The number of hydrogen-bond donors (Lipinski definition) is 3. The molecule has 0 radical (unpaired) electrons. The van der Waals surface area contributed by atoms with Crippen molar-refractivity contribution in [1.29, 1.82) is 0 Å². The lowest BCUT2D eigenvalue weighted by molar-refractivity contribution is -0.131. The molecule has 0 heterocycles. The minimum Gasteiger partial charge on any atom is -0.505 e. The minimum atomic E-state index is -3.74. The Labute approximate surface area is 151 Å². The SMILES string of the molecule is CC(CCc1ccc(-c2ccc(O)c(F)c2)cc1)(C(=O)NO)S(C)(=O)=O. The topological polar surface area (TPSA) is 104 Å². The summed E-state index contributed by atoms with van der Waals surface area (Å²) in [6.45, 7) is 1.27. The van der Waals surface area contributed by atoms with Crippen LogP contribution in [0.15, 0.2) is 42.5 Å². The first-order chi connectivity index (χ1) is 12.1. The molecule has 0 aliphatic rings. The number of rotatable bonds is 6. The Bertz CT molecular complexity index is 912. The van der Waals surface area contributed by atoms with Crippen molar-refractivity contribution >= 4 is 15.7 Å². The molecule has 26 heavy (non-hydrogen) atoms. The van der Waals surface area contributed by atoms with Gasteiger partial charge in [-0.2, -0.15) is 0 Å². The third kappa shape index (κ3) is 4.03. The number of benzene rings is 2. The van der Waals surface area contributed by atoms with Crippen LogP contribution < -0.4 is 5.48 Å². The van der Waals surface area contributed by atoms with Crippen LogP contribution >= 0.6 is 0 Å². The van der Waals surface area contributed by atoms with Gasteiger partial charge in [-0.1, -0.05) is 30.3 Å². The maximum atomic E-state index is 13.5. The first-order valence-corrected chi connectivity index (χ1v) is 9.69. The van der Waals surface area contributed by atoms with Crippen molar-refractivity contribution in [3.8, 4) is 16.9 Å². The monoisotopic (exact) mass is 381 g/mol. The van der Waals surface area contributed by atoms with Gasteiger partial charge in [-0.15, -0.1) is 0 Å². The Morgan fingerprint density at radius 3 is 2.23 bits per heavy atom. The molecule has 6 nitrogen and oxygen atoms in total. The normalized spacial score (nSPS) is 13.8. The molecule has 0 bridgehead atoms. The number of phenols is 1. The Kier molecular flexibility index (Phi) is 5.68. The predicted molar refractivity (Wildman–Crippen MR) is 95.0 cm³/mol. The van der Waals surface area contributed by atoms with Gasteiger partial charge in [0, 0.05) is 6.26 Å². The average molecular weight is 381 g/mol. The Morgan fingerprint density at radius 1 is 1.15 bits per heavy atom. The van der Waals surface area contributed by atoms with E-state index in [2.05, 4.69) is 0 Å². The molecule has 2 rings (SSSR count). The van der Waals surface area contributed by atoms with Crippen LogP contribution in [0.4, 0.5) is 4.39 Å². The van der Waals surface area contributed by atoms with Crippen LogP contribution in [0.25, 0.3) is 11.1 Å². The molecule has 1 amide bonds. The highest BCUT2D eigenvalue weighted by atomic mass is 32.2. The lowest BCUT2D eigenvalue weighted by atomic mass is 9.97. The van der Waals surface area contributed by atoms with E-state index in [1.165, 1.54) is 24.5 Å². The summed E-state index contributed by atoms with van der Waals surface area (Å²) in [6.07, 6.45) is 1.23. The fraction of sp³-hybridized carbons (Fsp3) is 0.278. The molecule has 8 heteroatoms. The van der Waals surface area contributed by atoms with Gasteiger partial charge in [0.15, 0.2) is 21.4 Å². The molecule has 0 aromatic heterocycles. The largest absolute Gasteiger partial charge is 0.505 e. The Hall–Kier alpha value is -2.45. The van der Waals surface area contributed by atoms with Crippen molar-refractivity contribution in [2.24, 2.45) is 0 Å². The lowest BCUT2D eigenvalue weighted by Gasteiger charge is -2.25. The summed E-state index contributed by atoms with van der Waals surface area (Å²) in [5.41, 5.74) is 3.52. The van der Waals surface area contributed by atoms with Gasteiger partial charge in [0.25, 0.3) is 5.91 Å². The second kappa shape index (κ2) is 7.43. The third-order valence-corrected chi connectivity index (χ3v) is 6.55. The highest BCUT2D eigenvalue weighted by molar-refractivity contribution is 7.92. The summed E-state index contributed by atoms with van der Waals surface area (Å²) in [5.74, 6) is -2.12. The number of nitrogens with one attached hydrogen (secondary N) is 1. The third-order valence-electron chi connectivity index (χ3n) is 4.53. The van der Waals surface area contributed by atoms with Crippen molar-refractivity contribution in [1.82, 2.24) is 5.48 Å². The van der Waals surface area contributed by atoms with Gasteiger partial charge in [0.05, 0.1) is 0 Å². The highest BCUT2D eigenvalue weighted by Gasteiger charge is 2.43. The van der Waals surface area contributed by atoms with E-state index in [9.17, 15) is 22.7 Å². The minimum absolute atomic E-state index is 0.00852. The van der Waals surface area contributed by atoms with Crippen LogP contribution in [0.3, 0.4) is 0 Å². The van der Waals surface area contributed by atoms with Gasteiger partial charge < -0.3 is 5.11 Å². The zero-order valence-corrected chi connectivity index (χ0v) is 15.2. The highest BCUT2D eigenvalue weighted by Crippen LogP contribution is 2.27. The van der Waals surface area contributed by atoms with Crippen molar-refractivity contribution in [3.63, 3.8) is 0 Å².